The molecule has 0 aliphatic heterocycles. The number of aromatic nitrogens is 1. The second-order valence-corrected chi connectivity index (χ2v) is 13.2. The highest BCUT2D eigenvalue weighted by atomic mass is 16.3. The molecule has 0 bridgehead atoms. The van der Waals surface area contributed by atoms with Gasteiger partial charge >= 0.3 is 0 Å². The molecule has 0 unspecified atom stereocenters. The second-order valence-electron chi connectivity index (χ2n) is 13.2. The summed E-state index contributed by atoms with van der Waals surface area (Å²) in [4.78, 5) is 0. The summed E-state index contributed by atoms with van der Waals surface area (Å²) >= 11 is 0. The molecule has 48 heavy (non-hydrogen) atoms. The van der Waals surface area contributed by atoms with Crippen molar-refractivity contribution in [2.45, 2.75) is 26.3 Å². The molecule has 1 N–H and O–H groups in total. The summed E-state index contributed by atoms with van der Waals surface area (Å²) < 4.78 is 14.5. The highest BCUT2D eigenvalue weighted by Gasteiger charge is 2.20. The average molecular weight is 625 g/mol. The zero-order valence-corrected chi connectivity index (χ0v) is 27.3. The summed E-state index contributed by atoms with van der Waals surface area (Å²) in [6.07, 6.45) is 9.76. The van der Waals surface area contributed by atoms with E-state index in [1.807, 2.05) is 54.6 Å². The summed E-state index contributed by atoms with van der Waals surface area (Å²) in [6.45, 7) is 10.9. The van der Waals surface area contributed by atoms with E-state index in [1.165, 1.54) is 32.9 Å². The number of nitrogens with zero attached hydrogens (tertiary/aromatic N) is 1. The van der Waals surface area contributed by atoms with Crippen LogP contribution in [-0.4, -0.2) is 4.57 Å². The number of fused-ring (bicyclic) bond motifs is 5. The van der Waals surface area contributed by atoms with Crippen LogP contribution >= 0.6 is 0 Å². The van der Waals surface area contributed by atoms with Crippen molar-refractivity contribution in [1.82, 2.24) is 4.57 Å². The largest absolute Gasteiger partial charge is 0.464 e. The fourth-order valence-corrected chi connectivity index (χ4v) is 6.74. The molecule has 0 saturated carbocycles. The Kier molecular flexibility index (Phi) is 7.14. The molecule has 0 spiro atoms. The van der Waals surface area contributed by atoms with Crippen molar-refractivity contribution in [3.05, 3.63) is 157 Å². The number of anilines is 1. The zero-order chi connectivity index (χ0) is 32.8. The van der Waals surface area contributed by atoms with Crippen molar-refractivity contribution in [2.24, 2.45) is 0 Å². The first kappa shape index (κ1) is 29.4. The summed E-state index contributed by atoms with van der Waals surface area (Å²) in [6, 6.07) is 40.2. The van der Waals surface area contributed by atoms with Crippen LogP contribution in [0.2, 0.25) is 0 Å². The third-order valence-electron chi connectivity index (χ3n) is 8.96. The number of furan rings is 2. The molecule has 0 atom stereocenters. The Morgan fingerprint density at radius 3 is 2.12 bits per heavy atom. The van der Waals surface area contributed by atoms with Gasteiger partial charge in [-0.1, -0.05) is 79.4 Å². The van der Waals surface area contributed by atoms with E-state index in [0.29, 0.717) is 0 Å². The van der Waals surface area contributed by atoms with Gasteiger partial charge in [-0.15, -0.1) is 0 Å². The number of hydrogen-bond donors (Lipinski definition) is 1. The third-order valence-corrected chi connectivity index (χ3v) is 8.96. The van der Waals surface area contributed by atoms with E-state index in [-0.39, 0.29) is 5.54 Å². The molecule has 0 aliphatic carbocycles. The third kappa shape index (κ3) is 5.22. The minimum Gasteiger partial charge on any atom is -0.464 e. The van der Waals surface area contributed by atoms with E-state index >= 15 is 0 Å². The monoisotopic (exact) mass is 624 g/mol. The van der Waals surface area contributed by atoms with Crippen molar-refractivity contribution >= 4 is 67.7 Å². The molecule has 8 aromatic rings. The van der Waals surface area contributed by atoms with Gasteiger partial charge in [-0.3, -0.25) is 0 Å². The standard InChI is InChI=1S/C44H36N2O2/c1-5-32(27-38-36-14-8-11-17-42(36)48-43(38)25-21-31-28-47-41-16-10-7-12-34(31)41)45-33-22-18-29(19-23-33)30-20-24-40-37(26-30)35-13-6-9-15-39(35)46(40)44(2,3)4/h5-28,45H,1H2,2-4H3/b25-21-,32-27-. The fraction of sp³-hybridized carbons (Fsp3) is 0.0909. The Balaban J connectivity index is 1.10. The lowest BCUT2D eigenvalue weighted by Gasteiger charge is -2.24. The second kappa shape index (κ2) is 11.7. The summed E-state index contributed by atoms with van der Waals surface area (Å²) in [5.41, 5.74) is 10.4. The molecule has 0 radical (unpaired) electrons. The molecule has 0 aliphatic rings. The number of nitrogens with one attached hydrogen (secondary N) is 1. The van der Waals surface area contributed by atoms with Crippen LogP contribution in [0, 0.1) is 0 Å². The van der Waals surface area contributed by atoms with Crippen LogP contribution in [-0.2, 0) is 5.54 Å². The topological polar surface area (TPSA) is 43.2 Å². The lowest BCUT2D eigenvalue weighted by atomic mass is 10.0. The van der Waals surface area contributed by atoms with Gasteiger partial charge in [0.05, 0.1) is 6.26 Å². The van der Waals surface area contributed by atoms with Crippen LogP contribution in [0.25, 0.3) is 73.1 Å². The quantitative estimate of drug-likeness (QED) is 0.179. The van der Waals surface area contributed by atoms with Crippen molar-refractivity contribution < 1.29 is 8.83 Å². The minimum atomic E-state index is -0.0267. The molecule has 3 aromatic heterocycles. The molecule has 0 amide bonds. The van der Waals surface area contributed by atoms with Crippen LogP contribution in [0.4, 0.5) is 5.69 Å². The van der Waals surface area contributed by atoms with E-state index in [4.69, 9.17) is 8.83 Å². The van der Waals surface area contributed by atoms with Crippen molar-refractivity contribution in [2.75, 3.05) is 5.32 Å². The predicted molar refractivity (Wildman–Crippen MR) is 203 cm³/mol. The molecule has 234 valence electrons. The highest BCUT2D eigenvalue weighted by Crippen LogP contribution is 2.37. The Morgan fingerprint density at radius 2 is 1.35 bits per heavy atom. The highest BCUT2D eigenvalue weighted by molar-refractivity contribution is 6.09. The number of para-hydroxylation sites is 3. The summed E-state index contributed by atoms with van der Waals surface area (Å²) in [5.74, 6) is 0.765. The lowest BCUT2D eigenvalue weighted by molar-refractivity contribution is 0.423. The van der Waals surface area contributed by atoms with Gasteiger partial charge in [-0.2, -0.15) is 0 Å². The van der Waals surface area contributed by atoms with Gasteiger partial charge in [0.15, 0.2) is 0 Å². The number of benzene rings is 5. The number of hydrogen-bond acceptors (Lipinski definition) is 3. The summed E-state index contributed by atoms with van der Waals surface area (Å²) in [7, 11) is 0. The Hall–Kier alpha value is -6.00. The van der Waals surface area contributed by atoms with Gasteiger partial charge < -0.3 is 18.7 Å². The molecule has 5 aromatic carbocycles. The number of rotatable bonds is 7. The van der Waals surface area contributed by atoms with E-state index in [9.17, 15) is 0 Å². The first-order valence-electron chi connectivity index (χ1n) is 16.3. The van der Waals surface area contributed by atoms with Crippen LogP contribution in [0.15, 0.2) is 149 Å². The molecule has 3 heterocycles. The van der Waals surface area contributed by atoms with Gasteiger partial charge in [0, 0.05) is 60.6 Å². The number of allylic oxidation sites excluding steroid dienone is 1. The molecule has 0 saturated heterocycles. The van der Waals surface area contributed by atoms with Crippen LogP contribution in [0.5, 0.6) is 0 Å². The normalized spacial score (nSPS) is 12.6. The van der Waals surface area contributed by atoms with Crippen LogP contribution < -0.4 is 5.32 Å². The maximum Gasteiger partial charge on any atom is 0.135 e. The minimum absolute atomic E-state index is 0.0267. The molecule has 4 nitrogen and oxygen atoms in total. The van der Waals surface area contributed by atoms with Gasteiger partial charge in [-0.05, 0) is 98.7 Å². The molecule has 8 rings (SSSR count). The van der Waals surface area contributed by atoms with Crippen LogP contribution in [0.3, 0.4) is 0 Å². The smallest absolute Gasteiger partial charge is 0.135 e. The van der Waals surface area contributed by atoms with Crippen molar-refractivity contribution in [3.63, 3.8) is 0 Å². The first-order valence-corrected chi connectivity index (χ1v) is 16.3. The summed E-state index contributed by atoms with van der Waals surface area (Å²) in [5, 5.41) is 8.22. The van der Waals surface area contributed by atoms with Gasteiger partial charge in [0.2, 0.25) is 0 Å². The lowest BCUT2D eigenvalue weighted by Crippen LogP contribution is -2.21. The van der Waals surface area contributed by atoms with E-state index < -0.39 is 0 Å². The van der Waals surface area contributed by atoms with E-state index in [2.05, 4.69) is 122 Å². The molecule has 4 heteroatoms. The maximum absolute atomic E-state index is 6.32. The fourth-order valence-electron chi connectivity index (χ4n) is 6.74. The van der Waals surface area contributed by atoms with Crippen LogP contribution in [0.1, 0.15) is 37.7 Å². The molecule has 0 fully saturated rings. The maximum atomic E-state index is 6.32. The van der Waals surface area contributed by atoms with Crippen molar-refractivity contribution in [3.8, 4) is 11.1 Å². The zero-order valence-electron chi connectivity index (χ0n) is 27.3. The van der Waals surface area contributed by atoms with E-state index in [1.54, 1.807) is 6.26 Å². The predicted octanol–water partition coefficient (Wildman–Crippen LogP) is 12.5. The Bertz CT molecular complexity index is 2530. The van der Waals surface area contributed by atoms with Gasteiger partial charge in [0.25, 0.3) is 0 Å². The van der Waals surface area contributed by atoms with Gasteiger partial charge in [-0.25, -0.2) is 0 Å². The Labute approximate surface area is 279 Å². The molecular weight excluding hydrogens is 588 g/mol. The molecular formula is C44H36N2O2. The average Bonchev–Trinajstić information content (AvgIpc) is 3.78. The van der Waals surface area contributed by atoms with Crippen molar-refractivity contribution in [1.29, 1.82) is 0 Å². The first-order chi connectivity index (χ1) is 23.4. The Morgan fingerprint density at radius 1 is 0.688 bits per heavy atom. The SMILES string of the molecule is C=C/C(=C/c1c(/C=C\c2coc3ccccc23)oc2ccccc12)Nc1ccc(-c2ccc3c(c2)c2ccccc2n3C(C)(C)C)cc1. The van der Waals surface area contributed by atoms with E-state index in [0.717, 1.165) is 50.2 Å². The van der Waals surface area contributed by atoms with Gasteiger partial charge in [0.1, 0.15) is 16.9 Å².